The zero-order valence-electron chi connectivity index (χ0n) is 14.1. The fourth-order valence-electron chi connectivity index (χ4n) is 2.79. The van der Waals surface area contributed by atoms with E-state index in [0.29, 0.717) is 13.0 Å². The largest absolute Gasteiger partial charge is 0.497 e. The first kappa shape index (κ1) is 17.5. The number of ether oxygens (including phenoxy) is 1. The Morgan fingerprint density at radius 3 is 2.30 bits per heavy atom. The fourth-order valence-corrected chi connectivity index (χ4v) is 2.79. The van der Waals surface area contributed by atoms with Crippen molar-refractivity contribution in [2.24, 2.45) is 0 Å². The van der Waals surface area contributed by atoms with E-state index in [2.05, 4.69) is 36.1 Å². The molecule has 0 unspecified atom stereocenters. The molecule has 0 saturated heterocycles. The monoisotopic (exact) mass is 313 g/mol. The highest BCUT2D eigenvalue weighted by atomic mass is 16.5. The van der Waals surface area contributed by atoms with Gasteiger partial charge in [0.25, 0.3) is 0 Å². The minimum absolute atomic E-state index is 0.345. The van der Waals surface area contributed by atoms with Gasteiger partial charge in [-0.3, -0.25) is 4.90 Å². The van der Waals surface area contributed by atoms with E-state index >= 15 is 0 Å². The first-order valence-corrected chi connectivity index (χ1v) is 8.28. The van der Waals surface area contributed by atoms with Crippen LogP contribution in [0.2, 0.25) is 0 Å². The van der Waals surface area contributed by atoms with Gasteiger partial charge in [0.15, 0.2) is 0 Å². The van der Waals surface area contributed by atoms with Crippen LogP contribution in [0.1, 0.15) is 24.5 Å². The zero-order chi connectivity index (χ0) is 16.5. The smallest absolute Gasteiger partial charge is 0.118 e. The number of aliphatic hydroxyl groups is 1. The molecule has 0 amide bonds. The van der Waals surface area contributed by atoms with Crippen LogP contribution < -0.4 is 4.74 Å². The molecule has 3 nitrogen and oxygen atoms in total. The molecule has 2 rings (SSSR count). The lowest BCUT2D eigenvalue weighted by atomic mass is 10.1. The van der Waals surface area contributed by atoms with Crippen LogP contribution in [0.3, 0.4) is 0 Å². The van der Waals surface area contributed by atoms with Gasteiger partial charge < -0.3 is 9.84 Å². The zero-order valence-corrected chi connectivity index (χ0v) is 14.1. The molecule has 0 fully saturated rings. The van der Waals surface area contributed by atoms with Crippen LogP contribution in [0, 0.1) is 0 Å². The molecule has 0 aliphatic carbocycles. The Bertz CT molecular complexity index is 554. The number of hydrogen-bond acceptors (Lipinski definition) is 3. The van der Waals surface area contributed by atoms with E-state index in [0.717, 1.165) is 25.3 Å². The van der Waals surface area contributed by atoms with E-state index in [1.807, 2.05) is 30.3 Å². The van der Waals surface area contributed by atoms with Crippen molar-refractivity contribution in [1.29, 1.82) is 0 Å². The van der Waals surface area contributed by atoms with Crippen molar-refractivity contribution in [3.8, 4) is 5.75 Å². The molecule has 0 aliphatic heterocycles. The van der Waals surface area contributed by atoms with E-state index in [9.17, 15) is 5.11 Å². The van der Waals surface area contributed by atoms with Crippen molar-refractivity contribution >= 4 is 0 Å². The molecule has 1 atom stereocenters. The van der Waals surface area contributed by atoms with Gasteiger partial charge in [-0.1, -0.05) is 49.4 Å². The maximum atomic E-state index is 10.4. The summed E-state index contributed by atoms with van der Waals surface area (Å²) in [5.74, 6) is 0.875. The molecule has 2 aromatic rings. The van der Waals surface area contributed by atoms with E-state index in [4.69, 9.17) is 4.74 Å². The van der Waals surface area contributed by atoms with Crippen LogP contribution in [0.5, 0.6) is 5.75 Å². The minimum Gasteiger partial charge on any atom is -0.497 e. The summed E-state index contributed by atoms with van der Waals surface area (Å²) in [6, 6.07) is 18.3. The van der Waals surface area contributed by atoms with Crippen LogP contribution in [-0.4, -0.2) is 36.3 Å². The van der Waals surface area contributed by atoms with Gasteiger partial charge in [0, 0.05) is 13.1 Å². The number of aliphatic hydroxyl groups excluding tert-OH is 1. The summed E-state index contributed by atoms with van der Waals surface area (Å²) in [7, 11) is 1.68. The van der Waals surface area contributed by atoms with Gasteiger partial charge in [0.05, 0.1) is 13.2 Å². The Balaban J connectivity index is 1.91. The number of methoxy groups -OCH3 is 1. The quantitative estimate of drug-likeness (QED) is 0.769. The second kappa shape index (κ2) is 9.33. The minimum atomic E-state index is -0.345. The predicted molar refractivity (Wildman–Crippen MR) is 94.7 cm³/mol. The molecule has 0 heterocycles. The van der Waals surface area contributed by atoms with Crippen LogP contribution in [-0.2, 0) is 13.0 Å². The van der Waals surface area contributed by atoms with Crippen molar-refractivity contribution in [3.63, 3.8) is 0 Å². The summed E-state index contributed by atoms with van der Waals surface area (Å²) in [4.78, 5) is 2.31. The molecule has 2 aromatic carbocycles. The molecule has 3 heteroatoms. The topological polar surface area (TPSA) is 32.7 Å². The standard InChI is InChI=1S/C20H27NO2/c1-3-13-21(15-18-9-11-20(23-2)12-10-18)16-19(22)14-17-7-5-4-6-8-17/h4-12,19,22H,3,13-16H2,1-2H3/t19-/m0/s1. The van der Waals surface area contributed by atoms with Crippen molar-refractivity contribution < 1.29 is 9.84 Å². The van der Waals surface area contributed by atoms with Gasteiger partial charge in [0.1, 0.15) is 5.75 Å². The second-order valence-corrected chi connectivity index (χ2v) is 5.93. The number of rotatable bonds is 9. The Hall–Kier alpha value is -1.84. The molecule has 23 heavy (non-hydrogen) atoms. The predicted octanol–water partition coefficient (Wildman–Crippen LogP) is 3.51. The highest BCUT2D eigenvalue weighted by Crippen LogP contribution is 2.14. The fraction of sp³-hybridized carbons (Fsp3) is 0.400. The van der Waals surface area contributed by atoms with Crippen LogP contribution in [0.4, 0.5) is 0 Å². The molecule has 0 aromatic heterocycles. The number of hydrogen-bond donors (Lipinski definition) is 1. The van der Waals surface area contributed by atoms with Crippen molar-refractivity contribution in [2.45, 2.75) is 32.4 Å². The summed E-state index contributed by atoms with van der Waals surface area (Å²) < 4.78 is 5.20. The normalized spacial score (nSPS) is 12.3. The van der Waals surface area contributed by atoms with E-state index < -0.39 is 0 Å². The number of benzene rings is 2. The Labute approximate surface area is 139 Å². The summed E-state index contributed by atoms with van der Waals surface area (Å²) in [5, 5.41) is 10.4. The van der Waals surface area contributed by atoms with E-state index in [1.54, 1.807) is 7.11 Å². The number of nitrogens with zero attached hydrogens (tertiary/aromatic N) is 1. The van der Waals surface area contributed by atoms with Gasteiger partial charge in [-0.15, -0.1) is 0 Å². The highest BCUT2D eigenvalue weighted by Gasteiger charge is 2.12. The SMILES string of the molecule is CCCN(Cc1ccc(OC)cc1)C[C@@H](O)Cc1ccccc1. The van der Waals surface area contributed by atoms with Gasteiger partial charge in [-0.05, 0) is 42.6 Å². The molecular weight excluding hydrogens is 286 g/mol. The molecule has 0 spiro atoms. The van der Waals surface area contributed by atoms with E-state index in [1.165, 1.54) is 11.1 Å². The summed E-state index contributed by atoms with van der Waals surface area (Å²) >= 11 is 0. The summed E-state index contributed by atoms with van der Waals surface area (Å²) in [5.41, 5.74) is 2.42. The second-order valence-electron chi connectivity index (χ2n) is 5.93. The Morgan fingerprint density at radius 1 is 1.00 bits per heavy atom. The van der Waals surface area contributed by atoms with Crippen LogP contribution in [0.25, 0.3) is 0 Å². The van der Waals surface area contributed by atoms with Gasteiger partial charge in [-0.2, -0.15) is 0 Å². The highest BCUT2D eigenvalue weighted by molar-refractivity contribution is 5.27. The van der Waals surface area contributed by atoms with Gasteiger partial charge in [0.2, 0.25) is 0 Å². The molecule has 1 N–H and O–H groups in total. The molecule has 0 radical (unpaired) electrons. The van der Waals surface area contributed by atoms with Gasteiger partial charge in [-0.25, -0.2) is 0 Å². The van der Waals surface area contributed by atoms with E-state index in [-0.39, 0.29) is 6.10 Å². The first-order valence-electron chi connectivity index (χ1n) is 8.28. The Morgan fingerprint density at radius 2 is 1.70 bits per heavy atom. The lowest BCUT2D eigenvalue weighted by Crippen LogP contribution is -2.33. The molecule has 0 aliphatic rings. The average Bonchev–Trinajstić information content (AvgIpc) is 2.56. The average molecular weight is 313 g/mol. The molecule has 0 saturated carbocycles. The first-order chi connectivity index (χ1) is 11.2. The Kier molecular flexibility index (Phi) is 7.11. The third-order valence-electron chi connectivity index (χ3n) is 3.89. The third kappa shape index (κ3) is 6.05. The molecular formula is C20H27NO2. The lowest BCUT2D eigenvalue weighted by molar-refractivity contribution is 0.108. The van der Waals surface area contributed by atoms with Crippen LogP contribution in [0.15, 0.2) is 54.6 Å². The van der Waals surface area contributed by atoms with Crippen molar-refractivity contribution in [1.82, 2.24) is 4.90 Å². The lowest BCUT2D eigenvalue weighted by Gasteiger charge is -2.25. The maximum Gasteiger partial charge on any atom is 0.118 e. The van der Waals surface area contributed by atoms with Gasteiger partial charge >= 0.3 is 0 Å². The summed E-state index contributed by atoms with van der Waals surface area (Å²) in [6.45, 7) is 4.70. The van der Waals surface area contributed by atoms with Crippen molar-refractivity contribution in [3.05, 3.63) is 65.7 Å². The third-order valence-corrected chi connectivity index (χ3v) is 3.89. The maximum absolute atomic E-state index is 10.4. The van der Waals surface area contributed by atoms with Crippen molar-refractivity contribution in [2.75, 3.05) is 20.2 Å². The molecule has 124 valence electrons. The summed E-state index contributed by atoms with van der Waals surface area (Å²) in [6.07, 6.45) is 1.43. The molecule has 0 bridgehead atoms. The van der Waals surface area contributed by atoms with Crippen LogP contribution >= 0.6 is 0 Å².